The van der Waals surface area contributed by atoms with E-state index in [0.717, 1.165) is 23.6 Å². The van der Waals surface area contributed by atoms with E-state index in [4.69, 9.17) is 0 Å². The molecule has 0 atom stereocenters. The molecule has 0 N–H and O–H groups in total. The molecule has 0 saturated heterocycles. The molecule has 1 aromatic rings. The summed E-state index contributed by atoms with van der Waals surface area (Å²) < 4.78 is 0. The topological polar surface area (TPSA) is 17.1 Å². The molecule has 1 aromatic heterocycles. The number of carbonyl (C=O) groups excluding carboxylic acids is 1. The maximum Gasteiger partial charge on any atom is 0.172 e. The van der Waals surface area contributed by atoms with Gasteiger partial charge in [-0.1, -0.05) is 12.8 Å². The van der Waals surface area contributed by atoms with Crippen molar-refractivity contribution >= 4 is 17.1 Å². The van der Waals surface area contributed by atoms with Crippen LogP contribution in [0.5, 0.6) is 0 Å². The molecule has 80 valence electrons. The highest BCUT2D eigenvalue weighted by atomic mass is 32.1. The summed E-state index contributed by atoms with van der Waals surface area (Å²) in [6, 6.07) is 2.15. The van der Waals surface area contributed by atoms with Gasteiger partial charge in [0.25, 0.3) is 0 Å². The molecule has 15 heavy (non-hydrogen) atoms. The lowest BCUT2D eigenvalue weighted by atomic mass is 10.1. The SMILES string of the molecule is O=C(CCC1CC1)c1cc2c(s1)CCC2. The van der Waals surface area contributed by atoms with Gasteiger partial charge in [-0.25, -0.2) is 0 Å². The van der Waals surface area contributed by atoms with Crippen LogP contribution in [-0.4, -0.2) is 5.78 Å². The third kappa shape index (κ3) is 2.00. The molecule has 2 heteroatoms. The van der Waals surface area contributed by atoms with Gasteiger partial charge in [-0.2, -0.15) is 0 Å². The number of hydrogen-bond acceptors (Lipinski definition) is 2. The van der Waals surface area contributed by atoms with Crippen LogP contribution in [0, 0.1) is 5.92 Å². The maximum atomic E-state index is 11.9. The molecule has 3 rings (SSSR count). The van der Waals surface area contributed by atoms with Gasteiger partial charge in [-0.15, -0.1) is 11.3 Å². The van der Waals surface area contributed by atoms with Gasteiger partial charge >= 0.3 is 0 Å². The summed E-state index contributed by atoms with van der Waals surface area (Å²) in [6.07, 6.45) is 8.31. The first kappa shape index (κ1) is 9.59. The molecule has 1 nitrogen and oxygen atoms in total. The molecule has 1 fully saturated rings. The van der Waals surface area contributed by atoms with Crippen molar-refractivity contribution in [1.82, 2.24) is 0 Å². The van der Waals surface area contributed by atoms with Crippen LogP contribution in [0.4, 0.5) is 0 Å². The first-order valence-electron chi connectivity index (χ1n) is 5.98. The molecule has 0 amide bonds. The van der Waals surface area contributed by atoms with Gasteiger partial charge in [-0.05, 0) is 43.2 Å². The van der Waals surface area contributed by atoms with Gasteiger partial charge in [-0.3, -0.25) is 4.79 Å². The van der Waals surface area contributed by atoms with Gasteiger partial charge in [0.2, 0.25) is 0 Å². The lowest BCUT2D eigenvalue weighted by Gasteiger charge is -1.96. The highest BCUT2D eigenvalue weighted by molar-refractivity contribution is 7.14. The zero-order valence-electron chi connectivity index (χ0n) is 8.92. The second kappa shape index (κ2) is 3.75. The summed E-state index contributed by atoms with van der Waals surface area (Å²) in [5, 5.41) is 0. The van der Waals surface area contributed by atoms with Crippen LogP contribution in [0.25, 0.3) is 0 Å². The maximum absolute atomic E-state index is 11.9. The van der Waals surface area contributed by atoms with Crippen LogP contribution in [0.3, 0.4) is 0 Å². The van der Waals surface area contributed by atoms with Gasteiger partial charge < -0.3 is 0 Å². The molecule has 0 radical (unpaired) electrons. The fraction of sp³-hybridized carbons (Fsp3) is 0.615. The summed E-state index contributed by atoms with van der Waals surface area (Å²) in [7, 11) is 0. The Hall–Kier alpha value is -0.630. The van der Waals surface area contributed by atoms with Gasteiger partial charge in [0.15, 0.2) is 5.78 Å². The molecule has 0 aromatic carbocycles. The molecular weight excluding hydrogens is 204 g/mol. The summed E-state index contributed by atoms with van der Waals surface area (Å²) in [5.41, 5.74) is 1.45. The first-order valence-corrected chi connectivity index (χ1v) is 6.79. The second-order valence-electron chi connectivity index (χ2n) is 4.82. The third-order valence-electron chi connectivity index (χ3n) is 3.50. The second-order valence-corrected chi connectivity index (χ2v) is 5.95. The molecule has 2 aliphatic rings. The molecule has 0 spiro atoms. The van der Waals surface area contributed by atoms with Crippen molar-refractivity contribution in [3.8, 4) is 0 Å². The number of Topliss-reactive ketones (excluding diaryl/α,β-unsaturated/α-hetero) is 1. The molecular formula is C13H16OS. The Morgan fingerprint density at radius 1 is 1.40 bits per heavy atom. The molecule has 1 heterocycles. The molecule has 1 saturated carbocycles. The van der Waals surface area contributed by atoms with Crippen LogP contribution in [0.1, 0.15) is 52.2 Å². The van der Waals surface area contributed by atoms with Gasteiger partial charge in [0.05, 0.1) is 4.88 Å². The highest BCUT2D eigenvalue weighted by Gasteiger charge is 2.23. The smallest absolute Gasteiger partial charge is 0.172 e. The zero-order valence-corrected chi connectivity index (χ0v) is 9.74. The van der Waals surface area contributed by atoms with Crippen LogP contribution in [0.2, 0.25) is 0 Å². The Balaban J connectivity index is 1.66. The van der Waals surface area contributed by atoms with Crippen molar-refractivity contribution in [2.45, 2.75) is 44.9 Å². The standard InChI is InChI=1S/C13H16OS/c14-11(7-6-9-4-5-9)13-8-10-2-1-3-12(10)15-13/h8-9H,1-7H2. The number of hydrogen-bond donors (Lipinski definition) is 0. The molecule has 0 bridgehead atoms. The lowest BCUT2D eigenvalue weighted by molar-refractivity contribution is 0.0982. The average molecular weight is 220 g/mol. The Morgan fingerprint density at radius 2 is 2.27 bits per heavy atom. The van der Waals surface area contributed by atoms with Gasteiger partial charge in [0, 0.05) is 11.3 Å². The quantitative estimate of drug-likeness (QED) is 0.708. The van der Waals surface area contributed by atoms with E-state index in [2.05, 4.69) is 6.07 Å². The highest BCUT2D eigenvalue weighted by Crippen LogP contribution is 2.35. The average Bonchev–Trinajstić information content (AvgIpc) is 2.79. The minimum Gasteiger partial charge on any atom is -0.293 e. The van der Waals surface area contributed by atoms with E-state index in [-0.39, 0.29) is 0 Å². The van der Waals surface area contributed by atoms with Crippen molar-refractivity contribution in [1.29, 1.82) is 0 Å². The van der Waals surface area contributed by atoms with Crippen LogP contribution >= 0.6 is 11.3 Å². The van der Waals surface area contributed by atoms with Crippen molar-refractivity contribution in [2.75, 3.05) is 0 Å². The van der Waals surface area contributed by atoms with Gasteiger partial charge in [0.1, 0.15) is 0 Å². The summed E-state index contributed by atoms with van der Waals surface area (Å²) in [5.74, 6) is 1.27. The predicted molar refractivity (Wildman–Crippen MR) is 62.6 cm³/mol. The summed E-state index contributed by atoms with van der Waals surface area (Å²) in [6.45, 7) is 0. The van der Waals surface area contributed by atoms with E-state index < -0.39 is 0 Å². The molecule has 0 unspecified atom stereocenters. The van der Waals surface area contributed by atoms with E-state index in [9.17, 15) is 4.79 Å². The molecule has 0 aliphatic heterocycles. The van der Waals surface area contributed by atoms with Crippen molar-refractivity contribution in [2.24, 2.45) is 5.92 Å². The minimum absolute atomic E-state index is 0.390. The van der Waals surface area contributed by atoms with E-state index >= 15 is 0 Å². The minimum atomic E-state index is 0.390. The Morgan fingerprint density at radius 3 is 3.00 bits per heavy atom. The monoisotopic (exact) mass is 220 g/mol. The first-order chi connectivity index (χ1) is 7.33. The number of rotatable bonds is 4. The normalized spacial score (nSPS) is 19.2. The predicted octanol–water partition coefficient (Wildman–Crippen LogP) is 3.61. The van der Waals surface area contributed by atoms with Crippen molar-refractivity contribution < 1.29 is 4.79 Å². The fourth-order valence-electron chi connectivity index (χ4n) is 2.33. The Kier molecular flexibility index (Phi) is 2.39. The van der Waals surface area contributed by atoms with Crippen molar-refractivity contribution in [3.05, 3.63) is 21.4 Å². The van der Waals surface area contributed by atoms with E-state index in [1.807, 2.05) is 0 Å². The lowest BCUT2D eigenvalue weighted by Crippen LogP contribution is -1.96. The Bertz CT molecular complexity index is 366. The number of carbonyl (C=O) groups is 1. The number of thiophene rings is 1. The van der Waals surface area contributed by atoms with Crippen LogP contribution in [0.15, 0.2) is 6.07 Å². The number of aryl methyl sites for hydroxylation is 2. The van der Waals surface area contributed by atoms with Crippen LogP contribution in [-0.2, 0) is 12.8 Å². The van der Waals surface area contributed by atoms with E-state index in [1.165, 1.54) is 42.5 Å². The number of fused-ring (bicyclic) bond motifs is 1. The Labute approximate surface area is 94.5 Å². The van der Waals surface area contributed by atoms with Crippen LogP contribution < -0.4 is 0 Å². The zero-order chi connectivity index (χ0) is 10.3. The molecule has 2 aliphatic carbocycles. The number of ketones is 1. The summed E-state index contributed by atoms with van der Waals surface area (Å²) in [4.78, 5) is 14.4. The van der Waals surface area contributed by atoms with E-state index in [1.54, 1.807) is 11.3 Å². The van der Waals surface area contributed by atoms with Crippen molar-refractivity contribution in [3.63, 3.8) is 0 Å². The summed E-state index contributed by atoms with van der Waals surface area (Å²) >= 11 is 1.75. The largest absolute Gasteiger partial charge is 0.293 e. The van der Waals surface area contributed by atoms with E-state index in [0.29, 0.717) is 5.78 Å². The third-order valence-corrected chi connectivity index (χ3v) is 4.78. The fourth-order valence-corrected chi connectivity index (χ4v) is 3.55.